The van der Waals surface area contributed by atoms with E-state index in [1.807, 2.05) is 0 Å². The molecule has 0 N–H and O–H groups in total. The van der Waals surface area contributed by atoms with Gasteiger partial charge in [0.1, 0.15) is 11.5 Å². The number of benzene rings is 2. The molecule has 7 nitrogen and oxygen atoms in total. The van der Waals surface area contributed by atoms with Crippen LogP contribution in [0.2, 0.25) is 0 Å². The summed E-state index contributed by atoms with van der Waals surface area (Å²) in [6.45, 7) is -3.03. The first kappa shape index (κ1) is 20.1. The second kappa shape index (κ2) is 8.59. The summed E-state index contributed by atoms with van der Waals surface area (Å²) in [5.74, 6) is 0.238. The number of hydrogen-bond acceptors (Lipinski definition) is 7. The lowest BCUT2D eigenvalue weighted by Gasteiger charge is -2.12. The molecule has 0 saturated carbocycles. The van der Waals surface area contributed by atoms with Gasteiger partial charge in [-0.1, -0.05) is 12.1 Å². The van der Waals surface area contributed by atoms with Gasteiger partial charge in [0.15, 0.2) is 17.2 Å². The third-order valence-corrected chi connectivity index (χ3v) is 3.98. The molecule has 0 saturated heterocycles. The average Bonchev–Trinajstić information content (AvgIpc) is 3.07. The molecule has 29 heavy (non-hydrogen) atoms. The van der Waals surface area contributed by atoms with Crippen molar-refractivity contribution >= 4 is 17.9 Å². The van der Waals surface area contributed by atoms with Crippen molar-refractivity contribution in [2.24, 2.45) is 4.99 Å². The van der Waals surface area contributed by atoms with E-state index in [0.29, 0.717) is 22.8 Å². The maximum absolute atomic E-state index is 12.6. The second-order valence-corrected chi connectivity index (χ2v) is 5.66. The van der Waals surface area contributed by atoms with Gasteiger partial charge in [0, 0.05) is 11.6 Å². The molecule has 0 aliphatic carbocycles. The number of methoxy groups -OCH3 is 3. The van der Waals surface area contributed by atoms with Gasteiger partial charge in [0.05, 0.1) is 26.9 Å². The number of cyclic esters (lactones) is 1. The van der Waals surface area contributed by atoms with Gasteiger partial charge < -0.3 is 23.7 Å². The third-order valence-electron chi connectivity index (χ3n) is 3.98. The first-order valence-corrected chi connectivity index (χ1v) is 8.33. The van der Waals surface area contributed by atoms with Gasteiger partial charge in [-0.25, -0.2) is 9.79 Å². The SMILES string of the molecule is COc1cc(OC)c(OC)cc1C=C1N=C(c2ccccc2OC(F)F)OC1=O. The summed E-state index contributed by atoms with van der Waals surface area (Å²) in [6, 6.07) is 9.11. The van der Waals surface area contributed by atoms with Crippen LogP contribution in [0.3, 0.4) is 0 Å². The molecule has 1 aliphatic heterocycles. The fourth-order valence-corrected chi connectivity index (χ4v) is 2.68. The molecule has 0 amide bonds. The highest BCUT2D eigenvalue weighted by molar-refractivity contribution is 6.13. The van der Waals surface area contributed by atoms with E-state index in [0.717, 1.165) is 0 Å². The van der Waals surface area contributed by atoms with Crippen molar-refractivity contribution in [2.45, 2.75) is 6.61 Å². The number of alkyl halides is 2. The summed E-state index contributed by atoms with van der Waals surface area (Å²) in [4.78, 5) is 16.4. The van der Waals surface area contributed by atoms with Crippen LogP contribution in [0.15, 0.2) is 47.1 Å². The Morgan fingerprint density at radius 1 is 0.966 bits per heavy atom. The highest BCUT2D eigenvalue weighted by Crippen LogP contribution is 2.36. The second-order valence-electron chi connectivity index (χ2n) is 5.66. The molecule has 0 atom stereocenters. The lowest BCUT2D eigenvalue weighted by molar-refractivity contribution is -0.129. The van der Waals surface area contributed by atoms with Crippen LogP contribution in [-0.4, -0.2) is 39.8 Å². The zero-order valence-electron chi connectivity index (χ0n) is 15.8. The summed E-state index contributed by atoms with van der Waals surface area (Å²) in [7, 11) is 4.42. The monoisotopic (exact) mass is 405 g/mol. The maximum Gasteiger partial charge on any atom is 0.387 e. The van der Waals surface area contributed by atoms with Gasteiger partial charge >= 0.3 is 12.6 Å². The molecule has 2 aromatic carbocycles. The fourth-order valence-electron chi connectivity index (χ4n) is 2.68. The van der Waals surface area contributed by atoms with Crippen LogP contribution in [-0.2, 0) is 9.53 Å². The number of carbonyl (C=O) groups is 1. The number of hydrogen-bond donors (Lipinski definition) is 0. The van der Waals surface area contributed by atoms with Crippen molar-refractivity contribution < 1.29 is 37.3 Å². The van der Waals surface area contributed by atoms with Gasteiger partial charge in [-0.05, 0) is 24.3 Å². The lowest BCUT2D eigenvalue weighted by atomic mass is 10.1. The number of carbonyl (C=O) groups excluding carboxylic acids is 1. The summed E-state index contributed by atoms with van der Waals surface area (Å²) in [6.07, 6.45) is 1.44. The molecule has 1 aliphatic rings. The summed E-state index contributed by atoms with van der Waals surface area (Å²) in [5.41, 5.74) is 0.570. The molecule has 0 unspecified atom stereocenters. The van der Waals surface area contributed by atoms with Gasteiger partial charge in [0.2, 0.25) is 5.90 Å². The van der Waals surface area contributed by atoms with Crippen molar-refractivity contribution in [1.29, 1.82) is 0 Å². The van der Waals surface area contributed by atoms with Crippen LogP contribution in [0.4, 0.5) is 8.78 Å². The number of halogens is 2. The van der Waals surface area contributed by atoms with Gasteiger partial charge in [0.25, 0.3) is 0 Å². The van der Waals surface area contributed by atoms with Crippen molar-refractivity contribution in [2.75, 3.05) is 21.3 Å². The van der Waals surface area contributed by atoms with Crippen molar-refractivity contribution in [3.05, 3.63) is 53.2 Å². The predicted molar refractivity (Wildman–Crippen MR) is 99.8 cm³/mol. The molecule has 0 fully saturated rings. The Kier molecular flexibility index (Phi) is 5.96. The fraction of sp³-hybridized carbons (Fsp3) is 0.200. The van der Waals surface area contributed by atoms with Crippen LogP contribution in [0, 0.1) is 0 Å². The maximum atomic E-state index is 12.6. The van der Waals surface area contributed by atoms with E-state index in [2.05, 4.69) is 9.73 Å². The Bertz CT molecular complexity index is 987. The standard InChI is InChI=1S/C20H17F2NO6/c1-25-15-10-17(27-3)16(26-2)9-11(15)8-13-19(24)29-18(23-13)12-6-4-5-7-14(12)28-20(21)22/h4-10,20H,1-3H3. The Hall–Kier alpha value is -3.62. The molecule has 9 heteroatoms. The molecule has 0 bridgehead atoms. The third kappa shape index (κ3) is 4.29. The van der Waals surface area contributed by atoms with E-state index in [1.54, 1.807) is 18.2 Å². The summed E-state index contributed by atoms with van der Waals surface area (Å²) >= 11 is 0. The summed E-state index contributed by atoms with van der Waals surface area (Å²) < 4.78 is 50.7. The minimum Gasteiger partial charge on any atom is -0.496 e. The molecule has 2 aromatic rings. The minimum atomic E-state index is -3.03. The molecule has 1 heterocycles. The van der Waals surface area contributed by atoms with Crippen LogP contribution < -0.4 is 18.9 Å². The highest BCUT2D eigenvalue weighted by atomic mass is 19.3. The van der Waals surface area contributed by atoms with Crippen LogP contribution in [0.25, 0.3) is 6.08 Å². The number of ether oxygens (including phenoxy) is 5. The van der Waals surface area contributed by atoms with Gasteiger partial charge in [-0.3, -0.25) is 0 Å². The Morgan fingerprint density at radius 3 is 2.28 bits per heavy atom. The molecule has 3 rings (SSSR count). The molecule has 0 radical (unpaired) electrons. The first-order valence-electron chi connectivity index (χ1n) is 8.33. The normalized spacial score (nSPS) is 14.6. The minimum absolute atomic E-state index is 0.0441. The molecular formula is C20H17F2NO6. The number of nitrogens with zero attached hydrogens (tertiary/aromatic N) is 1. The van der Waals surface area contributed by atoms with E-state index in [9.17, 15) is 13.6 Å². The zero-order chi connectivity index (χ0) is 21.0. The largest absolute Gasteiger partial charge is 0.496 e. The summed E-state index contributed by atoms with van der Waals surface area (Å²) in [5, 5.41) is 0. The molecule has 0 spiro atoms. The Balaban J connectivity index is 2.02. The topological polar surface area (TPSA) is 75.6 Å². The average molecular weight is 405 g/mol. The van der Waals surface area contributed by atoms with Gasteiger partial charge in [-0.2, -0.15) is 8.78 Å². The van der Waals surface area contributed by atoms with Crippen molar-refractivity contribution in [1.82, 2.24) is 0 Å². The Morgan fingerprint density at radius 2 is 1.62 bits per heavy atom. The highest BCUT2D eigenvalue weighted by Gasteiger charge is 2.27. The number of aliphatic imine (C=N–C) groups is 1. The molecular weight excluding hydrogens is 388 g/mol. The van der Waals surface area contributed by atoms with E-state index in [-0.39, 0.29) is 22.9 Å². The van der Waals surface area contributed by atoms with E-state index < -0.39 is 12.6 Å². The smallest absolute Gasteiger partial charge is 0.387 e. The number of rotatable bonds is 7. The van der Waals surface area contributed by atoms with Gasteiger partial charge in [-0.15, -0.1) is 0 Å². The Labute approximate surface area is 165 Å². The predicted octanol–water partition coefficient (Wildman–Crippen LogP) is 3.66. The van der Waals surface area contributed by atoms with E-state index >= 15 is 0 Å². The van der Waals surface area contributed by atoms with E-state index in [1.165, 1.54) is 45.6 Å². The molecule has 152 valence electrons. The zero-order valence-corrected chi connectivity index (χ0v) is 15.8. The van der Waals surface area contributed by atoms with Crippen LogP contribution >= 0.6 is 0 Å². The lowest BCUT2D eigenvalue weighted by Crippen LogP contribution is -2.10. The van der Waals surface area contributed by atoms with Crippen LogP contribution in [0.5, 0.6) is 23.0 Å². The first-order chi connectivity index (χ1) is 14.0. The van der Waals surface area contributed by atoms with E-state index in [4.69, 9.17) is 18.9 Å². The van der Waals surface area contributed by atoms with Crippen LogP contribution in [0.1, 0.15) is 11.1 Å². The quantitative estimate of drug-likeness (QED) is 0.517. The van der Waals surface area contributed by atoms with Crippen molar-refractivity contribution in [3.8, 4) is 23.0 Å². The number of para-hydroxylation sites is 1. The number of esters is 1. The molecule has 0 aromatic heterocycles. The van der Waals surface area contributed by atoms with Crippen molar-refractivity contribution in [3.63, 3.8) is 0 Å².